The summed E-state index contributed by atoms with van der Waals surface area (Å²) in [5.41, 5.74) is 6.63. The maximum Gasteiger partial charge on any atom is 0.276 e. The van der Waals surface area contributed by atoms with Gasteiger partial charge in [0.05, 0.1) is 12.5 Å². The minimum absolute atomic E-state index is 0.0107. The van der Waals surface area contributed by atoms with Crippen molar-refractivity contribution in [3.63, 3.8) is 0 Å². The van der Waals surface area contributed by atoms with Gasteiger partial charge in [0, 0.05) is 6.92 Å². The SMILES string of the molecule is CCc1ccc(OCC(=O)NNC(=O)C[C@H](NC(C)=O)c2ccccc2)cc1. The molecule has 3 amide bonds. The van der Waals surface area contributed by atoms with Crippen LogP contribution >= 0.6 is 0 Å². The number of hydrogen-bond donors (Lipinski definition) is 3. The lowest BCUT2D eigenvalue weighted by Crippen LogP contribution is -2.45. The maximum absolute atomic E-state index is 12.1. The molecular weight excluding hydrogens is 358 g/mol. The number of ether oxygens (including phenoxy) is 1. The van der Waals surface area contributed by atoms with E-state index in [1.165, 1.54) is 12.5 Å². The molecule has 28 heavy (non-hydrogen) atoms. The Labute approximate surface area is 164 Å². The molecule has 0 unspecified atom stereocenters. The monoisotopic (exact) mass is 383 g/mol. The Morgan fingerprint density at radius 1 is 0.929 bits per heavy atom. The standard InChI is InChI=1S/C21H25N3O4/c1-3-16-9-11-18(12-10-16)28-14-21(27)24-23-20(26)13-19(22-15(2)25)17-7-5-4-6-8-17/h4-12,19H,3,13-14H2,1-2H3,(H,22,25)(H,23,26)(H,24,27)/t19-/m0/s1. The highest BCUT2D eigenvalue weighted by Gasteiger charge is 2.17. The predicted molar refractivity (Wildman–Crippen MR) is 105 cm³/mol. The lowest BCUT2D eigenvalue weighted by atomic mass is 10.0. The van der Waals surface area contributed by atoms with Crippen LogP contribution < -0.4 is 20.9 Å². The van der Waals surface area contributed by atoms with Crippen LogP contribution in [0.1, 0.15) is 37.4 Å². The van der Waals surface area contributed by atoms with Crippen LogP contribution in [0, 0.1) is 0 Å². The molecule has 0 bridgehead atoms. The first-order valence-electron chi connectivity index (χ1n) is 9.09. The van der Waals surface area contributed by atoms with Crippen molar-refractivity contribution in [2.24, 2.45) is 0 Å². The van der Waals surface area contributed by atoms with Crippen LogP contribution in [0.5, 0.6) is 5.75 Å². The van der Waals surface area contributed by atoms with Gasteiger partial charge in [-0.05, 0) is 29.7 Å². The second-order valence-electron chi connectivity index (χ2n) is 6.25. The summed E-state index contributed by atoms with van der Waals surface area (Å²) in [7, 11) is 0. The van der Waals surface area contributed by atoms with Crippen LogP contribution in [0.3, 0.4) is 0 Å². The van der Waals surface area contributed by atoms with Crippen molar-refractivity contribution >= 4 is 17.7 Å². The molecular formula is C21H25N3O4. The summed E-state index contributed by atoms with van der Waals surface area (Å²) in [6.45, 7) is 3.22. The number of hydrazine groups is 1. The zero-order chi connectivity index (χ0) is 20.4. The molecule has 7 nitrogen and oxygen atoms in total. The van der Waals surface area contributed by atoms with Crippen LogP contribution in [0.2, 0.25) is 0 Å². The Balaban J connectivity index is 1.79. The molecule has 0 spiro atoms. The molecule has 2 aromatic rings. The number of rotatable bonds is 8. The molecule has 0 saturated heterocycles. The number of hydrogen-bond acceptors (Lipinski definition) is 4. The van der Waals surface area contributed by atoms with E-state index >= 15 is 0 Å². The largest absolute Gasteiger partial charge is 0.484 e. The molecule has 1 atom stereocenters. The summed E-state index contributed by atoms with van der Waals surface area (Å²) in [6, 6.07) is 16.1. The fourth-order valence-electron chi connectivity index (χ4n) is 2.57. The van der Waals surface area contributed by atoms with E-state index in [9.17, 15) is 14.4 Å². The third kappa shape index (κ3) is 7.11. The van der Waals surface area contributed by atoms with Gasteiger partial charge in [-0.25, -0.2) is 0 Å². The first kappa shape index (κ1) is 21.0. The van der Waals surface area contributed by atoms with Crippen molar-refractivity contribution in [2.45, 2.75) is 32.7 Å². The van der Waals surface area contributed by atoms with E-state index in [1.54, 1.807) is 12.1 Å². The number of amides is 3. The van der Waals surface area contributed by atoms with E-state index in [4.69, 9.17) is 4.74 Å². The molecule has 0 aromatic heterocycles. The minimum Gasteiger partial charge on any atom is -0.484 e. The normalized spacial score (nSPS) is 11.2. The number of carbonyl (C=O) groups excluding carboxylic acids is 3. The van der Waals surface area contributed by atoms with Gasteiger partial charge < -0.3 is 10.1 Å². The van der Waals surface area contributed by atoms with Gasteiger partial charge in [0.2, 0.25) is 11.8 Å². The topological polar surface area (TPSA) is 96.5 Å². The zero-order valence-electron chi connectivity index (χ0n) is 16.0. The van der Waals surface area contributed by atoms with Gasteiger partial charge in [-0.15, -0.1) is 0 Å². The highest BCUT2D eigenvalue weighted by Crippen LogP contribution is 2.16. The van der Waals surface area contributed by atoms with E-state index in [0.717, 1.165) is 12.0 Å². The summed E-state index contributed by atoms with van der Waals surface area (Å²) in [5, 5.41) is 2.73. The van der Waals surface area contributed by atoms with Crippen molar-refractivity contribution in [1.82, 2.24) is 16.2 Å². The molecule has 0 aliphatic rings. The van der Waals surface area contributed by atoms with Crippen LogP contribution in [-0.4, -0.2) is 24.3 Å². The predicted octanol–water partition coefficient (Wildman–Crippen LogP) is 2.04. The highest BCUT2D eigenvalue weighted by molar-refractivity contribution is 5.83. The second kappa shape index (κ2) is 10.7. The van der Waals surface area contributed by atoms with Crippen molar-refractivity contribution in [1.29, 1.82) is 0 Å². The van der Waals surface area contributed by atoms with Gasteiger partial charge in [-0.1, -0.05) is 49.4 Å². The summed E-state index contributed by atoms with van der Waals surface area (Å²) in [5.74, 6) is -0.575. The summed E-state index contributed by atoms with van der Waals surface area (Å²) >= 11 is 0. The lowest BCUT2D eigenvalue weighted by Gasteiger charge is -2.18. The van der Waals surface area contributed by atoms with Gasteiger partial charge in [-0.3, -0.25) is 25.2 Å². The Hall–Kier alpha value is -3.35. The molecule has 0 aliphatic heterocycles. The number of nitrogens with one attached hydrogen (secondary N) is 3. The maximum atomic E-state index is 12.1. The zero-order valence-corrected chi connectivity index (χ0v) is 16.0. The molecule has 0 aliphatic carbocycles. The van der Waals surface area contributed by atoms with Gasteiger partial charge in [-0.2, -0.15) is 0 Å². The quantitative estimate of drug-likeness (QED) is 0.608. The average molecular weight is 383 g/mol. The Morgan fingerprint density at radius 3 is 2.18 bits per heavy atom. The summed E-state index contributed by atoms with van der Waals surface area (Å²) < 4.78 is 5.38. The number of benzene rings is 2. The average Bonchev–Trinajstić information content (AvgIpc) is 2.71. The van der Waals surface area contributed by atoms with E-state index < -0.39 is 17.9 Å². The van der Waals surface area contributed by atoms with Gasteiger partial charge in [0.25, 0.3) is 5.91 Å². The Morgan fingerprint density at radius 2 is 1.57 bits per heavy atom. The number of aryl methyl sites for hydroxylation is 1. The van der Waals surface area contributed by atoms with Crippen LogP contribution in [0.15, 0.2) is 54.6 Å². The molecule has 0 heterocycles. The lowest BCUT2D eigenvalue weighted by molar-refractivity contribution is -0.130. The Kier molecular flexibility index (Phi) is 8.02. The van der Waals surface area contributed by atoms with Crippen LogP contribution in [0.25, 0.3) is 0 Å². The van der Waals surface area contributed by atoms with Crippen molar-refractivity contribution in [3.8, 4) is 5.75 Å². The van der Waals surface area contributed by atoms with E-state index in [-0.39, 0.29) is 18.9 Å². The van der Waals surface area contributed by atoms with E-state index in [2.05, 4.69) is 23.1 Å². The smallest absolute Gasteiger partial charge is 0.276 e. The fraction of sp³-hybridized carbons (Fsp3) is 0.286. The fourth-order valence-corrected chi connectivity index (χ4v) is 2.57. The van der Waals surface area contributed by atoms with E-state index in [0.29, 0.717) is 5.75 Å². The molecule has 3 N–H and O–H groups in total. The molecule has 2 rings (SSSR count). The molecule has 148 valence electrons. The first-order valence-corrected chi connectivity index (χ1v) is 9.09. The van der Waals surface area contributed by atoms with E-state index in [1.807, 2.05) is 42.5 Å². The third-order valence-electron chi connectivity index (χ3n) is 4.01. The summed E-state index contributed by atoms with van der Waals surface area (Å²) in [4.78, 5) is 35.4. The van der Waals surface area contributed by atoms with Crippen LogP contribution in [0.4, 0.5) is 0 Å². The highest BCUT2D eigenvalue weighted by atomic mass is 16.5. The van der Waals surface area contributed by atoms with Crippen molar-refractivity contribution in [2.75, 3.05) is 6.61 Å². The summed E-state index contributed by atoms with van der Waals surface area (Å²) in [6.07, 6.45) is 0.915. The van der Waals surface area contributed by atoms with Gasteiger partial charge >= 0.3 is 0 Å². The molecule has 7 heteroatoms. The van der Waals surface area contributed by atoms with Crippen LogP contribution in [-0.2, 0) is 20.8 Å². The first-order chi connectivity index (χ1) is 13.5. The number of carbonyl (C=O) groups is 3. The third-order valence-corrected chi connectivity index (χ3v) is 4.01. The van der Waals surface area contributed by atoms with Crippen molar-refractivity contribution < 1.29 is 19.1 Å². The van der Waals surface area contributed by atoms with Gasteiger partial charge in [0.1, 0.15) is 5.75 Å². The van der Waals surface area contributed by atoms with Gasteiger partial charge in [0.15, 0.2) is 6.61 Å². The minimum atomic E-state index is -0.483. The molecule has 0 saturated carbocycles. The van der Waals surface area contributed by atoms with Crippen molar-refractivity contribution in [3.05, 3.63) is 65.7 Å². The molecule has 0 radical (unpaired) electrons. The molecule has 0 fully saturated rings. The second-order valence-corrected chi connectivity index (χ2v) is 6.25. The Bertz CT molecular complexity index is 791. The molecule has 2 aromatic carbocycles.